The lowest BCUT2D eigenvalue weighted by atomic mass is 10.1. The van der Waals surface area contributed by atoms with E-state index in [0.29, 0.717) is 5.39 Å². The van der Waals surface area contributed by atoms with Gasteiger partial charge in [0.2, 0.25) is 0 Å². The van der Waals surface area contributed by atoms with Crippen LogP contribution in [0.4, 0.5) is 0 Å². The molecule has 3 N–H and O–H groups in total. The Kier molecular flexibility index (Phi) is 3.26. The van der Waals surface area contributed by atoms with Crippen LogP contribution in [0.3, 0.4) is 0 Å². The van der Waals surface area contributed by atoms with Gasteiger partial charge in [-0.05, 0) is 24.6 Å². The molecule has 0 amide bonds. The van der Waals surface area contributed by atoms with Crippen molar-refractivity contribution < 1.29 is 23.9 Å². The molecule has 0 fully saturated rings. The molecule has 0 aliphatic heterocycles. The molecule has 2 rings (SSSR count). The van der Waals surface area contributed by atoms with Crippen LogP contribution < -0.4 is 5.63 Å². The largest absolute Gasteiger partial charge is 0.508 e. The van der Waals surface area contributed by atoms with Gasteiger partial charge in [-0.3, -0.25) is 4.57 Å². The van der Waals surface area contributed by atoms with Gasteiger partial charge < -0.3 is 19.3 Å². The maximum atomic E-state index is 11.6. The fourth-order valence-electron chi connectivity index (χ4n) is 1.58. The third kappa shape index (κ3) is 2.98. The Balaban J connectivity index is 2.41. The van der Waals surface area contributed by atoms with Crippen molar-refractivity contribution in [1.82, 2.24) is 0 Å². The zero-order chi connectivity index (χ0) is 13.3. The molecule has 0 atom stereocenters. The minimum atomic E-state index is -4.14. The average molecular weight is 270 g/mol. The third-order valence-electron chi connectivity index (χ3n) is 2.46. The van der Waals surface area contributed by atoms with E-state index in [-0.39, 0.29) is 23.3 Å². The lowest BCUT2D eigenvalue weighted by Gasteiger charge is -2.04. The third-order valence-corrected chi connectivity index (χ3v) is 3.27. The molecule has 0 aliphatic carbocycles. The second-order valence-corrected chi connectivity index (χ2v) is 5.70. The molecule has 1 aromatic carbocycles. The maximum Gasteiger partial charge on any atom is 0.339 e. The number of hydrogen-bond donors (Lipinski definition) is 3. The number of fused-ring (bicyclic) bond motifs is 1. The van der Waals surface area contributed by atoms with E-state index in [1.165, 1.54) is 18.2 Å². The van der Waals surface area contributed by atoms with E-state index >= 15 is 0 Å². The van der Waals surface area contributed by atoms with Gasteiger partial charge in [0.1, 0.15) is 11.3 Å². The SMILES string of the molecule is O=c1oc2cc(O)ccc2cc1CCP(=O)(O)O. The van der Waals surface area contributed by atoms with Crippen molar-refractivity contribution in [3.05, 3.63) is 40.2 Å². The van der Waals surface area contributed by atoms with E-state index in [9.17, 15) is 14.5 Å². The summed E-state index contributed by atoms with van der Waals surface area (Å²) in [5.41, 5.74) is -0.210. The molecule has 1 aromatic heterocycles. The highest BCUT2D eigenvalue weighted by Crippen LogP contribution is 2.34. The fraction of sp³-hybridized carbons (Fsp3) is 0.182. The average Bonchev–Trinajstić information content (AvgIpc) is 2.25. The Morgan fingerprint density at radius 1 is 1.22 bits per heavy atom. The van der Waals surface area contributed by atoms with Crippen molar-refractivity contribution in [3.63, 3.8) is 0 Å². The van der Waals surface area contributed by atoms with E-state index in [1.54, 1.807) is 6.07 Å². The molecule has 2 aromatic rings. The van der Waals surface area contributed by atoms with Crippen LogP contribution in [0, 0.1) is 0 Å². The van der Waals surface area contributed by atoms with Crippen molar-refractivity contribution in [2.75, 3.05) is 6.16 Å². The van der Waals surface area contributed by atoms with Crippen LogP contribution >= 0.6 is 7.60 Å². The molecule has 6 nitrogen and oxygen atoms in total. The van der Waals surface area contributed by atoms with Gasteiger partial charge in [0, 0.05) is 17.0 Å². The van der Waals surface area contributed by atoms with Gasteiger partial charge in [-0.25, -0.2) is 4.79 Å². The lowest BCUT2D eigenvalue weighted by molar-refractivity contribution is 0.372. The van der Waals surface area contributed by atoms with Crippen molar-refractivity contribution in [1.29, 1.82) is 0 Å². The smallest absolute Gasteiger partial charge is 0.339 e. The zero-order valence-corrected chi connectivity index (χ0v) is 10.1. The second kappa shape index (κ2) is 4.57. The van der Waals surface area contributed by atoms with Crippen LogP contribution in [0.5, 0.6) is 5.75 Å². The first-order valence-electron chi connectivity index (χ1n) is 5.15. The summed E-state index contributed by atoms with van der Waals surface area (Å²) in [6.45, 7) is 0. The Labute approximate surface area is 102 Å². The summed E-state index contributed by atoms with van der Waals surface area (Å²) in [5, 5.41) is 9.83. The van der Waals surface area contributed by atoms with Gasteiger partial charge in [0.15, 0.2) is 0 Å². The number of aryl methyl sites for hydroxylation is 1. The summed E-state index contributed by atoms with van der Waals surface area (Å²) in [6, 6.07) is 5.82. The topological polar surface area (TPSA) is 108 Å². The highest BCUT2D eigenvalue weighted by atomic mass is 31.2. The van der Waals surface area contributed by atoms with Gasteiger partial charge in [0.25, 0.3) is 0 Å². The molecule has 18 heavy (non-hydrogen) atoms. The van der Waals surface area contributed by atoms with Gasteiger partial charge in [0.05, 0.1) is 6.16 Å². The number of benzene rings is 1. The number of phenols is 1. The second-order valence-electron chi connectivity index (χ2n) is 3.92. The van der Waals surface area contributed by atoms with Crippen LogP contribution in [0.2, 0.25) is 0 Å². The van der Waals surface area contributed by atoms with Crippen LogP contribution in [-0.2, 0) is 11.0 Å². The van der Waals surface area contributed by atoms with Crippen LogP contribution in [0.15, 0.2) is 33.5 Å². The lowest BCUT2D eigenvalue weighted by Crippen LogP contribution is -2.09. The Morgan fingerprint density at radius 2 is 1.94 bits per heavy atom. The molecule has 0 bridgehead atoms. The Hall–Kier alpha value is -1.62. The van der Waals surface area contributed by atoms with E-state index in [0.717, 1.165) is 0 Å². The van der Waals surface area contributed by atoms with Crippen molar-refractivity contribution in [2.45, 2.75) is 6.42 Å². The predicted octanol–water partition coefficient (Wildman–Crippen LogP) is 1.22. The maximum absolute atomic E-state index is 11.6. The van der Waals surface area contributed by atoms with Crippen LogP contribution in [-0.4, -0.2) is 21.1 Å². The van der Waals surface area contributed by atoms with Gasteiger partial charge in [-0.1, -0.05) is 0 Å². The number of aromatic hydroxyl groups is 1. The normalized spacial score (nSPS) is 11.9. The van der Waals surface area contributed by atoms with E-state index in [4.69, 9.17) is 14.2 Å². The highest BCUT2D eigenvalue weighted by Gasteiger charge is 2.15. The van der Waals surface area contributed by atoms with Crippen molar-refractivity contribution in [2.24, 2.45) is 0 Å². The van der Waals surface area contributed by atoms with Gasteiger partial charge in [-0.15, -0.1) is 0 Å². The first-order chi connectivity index (χ1) is 8.35. The van der Waals surface area contributed by atoms with E-state index < -0.39 is 19.4 Å². The molecule has 96 valence electrons. The predicted molar refractivity (Wildman–Crippen MR) is 64.8 cm³/mol. The van der Waals surface area contributed by atoms with E-state index in [2.05, 4.69) is 0 Å². The zero-order valence-electron chi connectivity index (χ0n) is 9.24. The number of rotatable bonds is 3. The van der Waals surface area contributed by atoms with Gasteiger partial charge in [-0.2, -0.15) is 0 Å². The molecule has 1 heterocycles. The Bertz CT molecular complexity index is 683. The summed E-state index contributed by atoms with van der Waals surface area (Å²) in [7, 11) is -4.14. The standard InChI is InChI=1S/C11H11O6P/c12-9-2-1-7-5-8(3-4-18(14,15)16)11(13)17-10(7)6-9/h1-2,5-6,12H,3-4H2,(H2,14,15,16). The highest BCUT2D eigenvalue weighted by molar-refractivity contribution is 7.51. The molecule has 0 saturated heterocycles. The summed E-state index contributed by atoms with van der Waals surface area (Å²) in [6.07, 6.45) is -0.454. The van der Waals surface area contributed by atoms with Gasteiger partial charge >= 0.3 is 13.2 Å². The minimum Gasteiger partial charge on any atom is -0.508 e. The number of phenolic OH excluding ortho intramolecular Hbond substituents is 1. The molecular formula is C11H11O6P. The van der Waals surface area contributed by atoms with E-state index in [1.807, 2.05) is 0 Å². The first kappa shape index (κ1) is 12.8. The molecule has 7 heteroatoms. The summed E-state index contributed by atoms with van der Waals surface area (Å²) in [4.78, 5) is 29.1. The first-order valence-corrected chi connectivity index (χ1v) is 6.95. The Morgan fingerprint density at radius 3 is 2.61 bits per heavy atom. The molecular weight excluding hydrogens is 259 g/mol. The molecule has 0 saturated carbocycles. The molecule has 0 aliphatic rings. The molecule has 0 spiro atoms. The minimum absolute atomic E-state index is 0.0198. The van der Waals surface area contributed by atoms with Crippen molar-refractivity contribution >= 4 is 18.6 Å². The number of hydrogen-bond acceptors (Lipinski definition) is 4. The summed E-state index contributed by atoms with van der Waals surface area (Å²) >= 11 is 0. The quantitative estimate of drug-likeness (QED) is 0.571. The van der Waals surface area contributed by atoms with Crippen LogP contribution in [0.25, 0.3) is 11.0 Å². The molecule has 0 radical (unpaired) electrons. The van der Waals surface area contributed by atoms with Crippen LogP contribution in [0.1, 0.15) is 5.56 Å². The fourth-order valence-corrected chi connectivity index (χ4v) is 2.12. The van der Waals surface area contributed by atoms with Crippen molar-refractivity contribution in [3.8, 4) is 5.75 Å². The molecule has 0 unspecified atom stereocenters. The monoisotopic (exact) mass is 270 g/mol. The summed E-state index contributed by atoms with van der Waals surface area (Å²) < 4.78 is 15.7. The summed E-state index contributed by atoms with van der Waals surface area (Å²) in [5.74, 6) is -0.0198.